The van der Waals surface area contributed by atoms with E-state index in [4.69, 9.17) is 14.2 Å². The number of carbonyl (C=O) groups excluding carboxylic acids is 2. The van der Waals surface area contributed by atoms with Crippen LogP contribution in [0.5, 0.6) is 17.2 Å². The summed E-state index contributed by atoms with van der Waals surface area (Å²) in [6.45, 7) is -0.250. The van der Waals surface area contributed by atoms with E-state index in [1.807, 2.05) is 6.07 Å². The van der Waals surface area contributed by atoms with Gasteiger partial charge in [0.15, 0.2) is 6.61 Å². The van der Waals surface area contributed by atoms with Gasteiger partial charge in [-0.15, -0.1) is 0 Å². The van der Waals surface area contributed by atoms with E-state index in [9.17, 15) is 9.59 Å². The van der Waals surface area contributed by atoms with Gasteiger partial charge >= 0.3 is 5.97 Å². The van der Waals surface area contributed by atoms with Gasteiger partial charge in [0.25, 0.3) is 5.91 Å². The lowest BCUT2D eigenvalue weighted by molar-refractivity contribution is -0.136. The van der Waals surface area contributed by atoms with Crippen molar-refractivity contribution in [3.63, 3.8) is 0 Å². The molecule has 1 amide bonds. The molecule has 0 saturated carbocycles. The van der Waals surface area contributed by atoms with Crippen LogP contribution in [0.1, 0.15) is 10.4 Å². The highest BCUT2D eigenvalue weighted by Gasteiger charge is 2.10. The normalized spacial score (nSPS) is 10.2. The number of halogens is 2. The van der Waals surface area contributed by atoms with Crippen LogP contribution in [0.3, 0.4) is 0 Å². The maximum absolute atomic E-state index is 12.3. The average Bonchev–Trinajstić information content (AvgIpc) is 2.74. The van der Waals surface area contributed by atoms with Crippen LogP contribution in [-0.2, 0) is 4.79 Å². The number of hydrogen-bond donors (Lipinski definition) is 1. The summed E-state index contributed by atoms with van der Waals surface area (Å²) in [6.07, 6.45) is 0. The molecule has 154 valence electrons. The molecule has 0 aliphatic heterocycles. The number of ether oxygens (including phenoxy) is 3. The lowest BCUT2D eigenvalue weighted by Gasteiger charge is -2.09. The second-order valence-corrected chi connectivity index (χ2v) is 7.81. The van der Waals surface area contributed by atoms with Gasteiger partial charge in [0.05, 0.1) is 11.6 Å². The molecule has 3 aromatic rings. The summed E-state index contributed by atoms with van der Waals surface area (Å²) in [5.74, 6) is 0.720. The molecule has 6 nitrogen and oxygen atoms in total. The number of rotatable bonds is 7. The van der Waals surface area contributed by atoms with Crippen LogP contribution in [0.15, 0.2) is 75.7 Å². The van der Waals surface area contributed by atoms with Crippen molar-refractivity contribution in [3.05, 3.63) is 81.2 Å². The van der Waals surface area contributed by atoms with Crippen molar-refractivity contribution in [1.82, 2.24) is 0 Å². The quantitative estimate of drug-likeness (QED) is 0.322. The summed E-state index contributed by atoms with van der Waals surface area (Å²) in [5, 5.41) is 2.79. The highest BCUT2D eigenvalue weighted by atomic mass is 79.9. The predicted octanol–water partition coefficient (Wildman–Crippen LogP) is 5.46. The van der Waals surface area contributed by atoms with E-state index in [0.717, 1.165) is 8.95 Å². The zero-order chi connectivity index (χ0) is 21.5. The molecule has 0 radical (unpaired) electrons. The van der Waals surface area contributed by atoms with E-state index < -0.39 is 5.97 Å². The van der Waals surface area contributed by atoms with E-state index in [-0.39, 0.29) is 12.5 Å². The van der Waals surface area contributed by atoms with Crippen molar-refractivity contribution < 1.29 is 23.8 Å². The third-order valence-corrected chi connectivity index (χ3v) is 5.05. The number of benzene rings is 3. The molecule has 0 bridgehead atoms. The minimum absolute atomic E-state index is 0.250. The average molecular weight is 535 g/mol. The first-order valence-corrected chi connectivity index (χ1v) is 10.4. The fourth-order valence-electron chi connectivity index (χ4n) is 2.44. The van der Waals surface area contributed by atoms with Gasteiger partial charge in [0, 0.05) is 15.7 Å². The van der Waals surface area contributed by atoms with E-state index in [2.05, 4.69) is 37.2 Å². The highest BCUT2D eigenvalue weighted by Crippen LogP contribution is 2.28. The second-order valence-electron chi connectivity index (χ2n) is 6.04. The Morgan fingerprint density at radius 3 is 2.20 bits per heavy atom. The number of carbonyl (C=O) groups is 2. The van der Waals surface area contributed by atoms with Crippen LogP contribution < -0.4 is 19.5 Å². The summed E-state index contributed by atoms with van der Waals surface area (Å²) in [7, 11) is 1.58. The summed E-state index contributed by atoms with van der Waals surface area (Å²) in [6, 6.07) is 18.6. The van der Waals surface area contributed by atoms with Crippen molar-refractivity contribution in [2.75, 3.05) is 19.0 Å². The molecular formula is C22H17Br2NO5. The van der Waals surface area contributed by atoms with Crippen molar-refractivity contribution in [3.8, 4) is 17.2 Å². The largest absolute Gasteiger partial charge is 0.497 e. The predicted molar refractivity (Wildman–Crippen MR) is 120 cm³/mol. The Hall–Kier alpha value is -2.84. The number of amides is 1. The summed E-state index contributed by atoms with van der Waals surface area (Å²) >= 11 is 6.72. The standard InChI is InChI=1S/C22H17Br2NO5/c1-28-17-9-5-16(6-10-17)25-22(27)14-2-7-18(8-3-14)30-21(26)13-29-20-11-4-15(23)12-19(20)24/h2-12H,13H2,1H3,(H,25,27). The van der Waals surface area contributed by atoms with Gasteiger partial charge in [0.2, 0.25) is 0 Å². The van der Waals surface area contributed by atoms with E-state index in [1.165, 1.54) is 0 Å². The zero-order valence-corrected chi connectivity index (χ0v) is 19.0. The summed E-state index contributed by atoms with van der Waals surface area (Å²) in [5.41, 5.74) is 1.08. The smallest absolute Gasteiger partial charge is 0.349 e. The Morgan fingerprint density at radius 2 is 1.57 bits per heavy atom. The minimum Gasteiger partial charge on any atom is -0.497 e. The lowest BCUT2D eigenvalue weighted by atomic mass is 10.2. The fourth-order valence-corrected chi connectivity index (χ4v) is 3.60. The van der Waals surface area contributed by atoms with Crippen LogP contribution in [-0.4, -0.2) is 25.6 Å². The second kappa shape index (κ2) is 10.3. The molecule has 1 N–H and O–H groups in total. The fraction of sp³-hybridized carbons (Fsp3) is 0.0909. The molecule has 0 spiro atoms. The Morgan fingerprint density at radius 1 is 0.900 bits per heavy atom. The molecule has 0 heterocycles. The first-order valence-electron chi connectivity index (χ1n) is 8.78. The molecule has 0 atom stereocenters. The van der Waals surface area contributed by atoms with Gasteiger partial charge < -0.3 is 19.5 Å². The molecule has 3 rings (SSSR count). The molecule has 3 aromatic carbocycles. The number of hydrogen-bond acceptors (Lipinski definition) is 5. The Kier molecular flexibility index (Phi) is 7.48. The van der Waals surface area contributed by atoms with Gasteiger partial charge in [-0.1, -0.05) is 15.9 Å². The maximum atomic E-state index is 12.3. The lowest BCUT2D eigenvalue weighted by Crippen LogP contribution is -2.18. The van der Waals surface area contributed by atoms with Crippen LogP contribution in [0.2, 0.25) is 0 Å². The first kappa shape index (κ1) is 21.9. The van der Waals surface area contributed by atoms with Crippen molar-refractivity contribution >= 4 is 49.4 Å². The highest BCUT2D eigenvalue weighted by molar-refractivity contribution is 9.11. The summed E-state index contributed by atoms with van der Waals surface area (Å²) in [4.78, 5) is 24.4. The number of methoxy groups -OCH3 is 1. The molecule has 0 aliphatic carbocycles. The molecule has 0 fully saturated rings. The van der Waals surface area contributed by atoms with E-state index in [0.29, 0.717) is 28.5 Å². The Bertz CT molecular complexity index is 1040. The van der Waals surface area contributed by atoms with Crippen LogP contribution in [0.4, 0.5) is 5.69 Å². The zero-order valence-electron chi connectivity index (χ0n) is 15.9. The van der Waals surface area contributed by atoms with Gasteiger partial charge in [-0.05, 0) is 82.7 Å². The van der Waals surface area contributed by atoms with E-state index in [1.54, 1.807) is 67.8 Å². The molecule has 30 heavy (non-hydrogen) atoms. The third kappa shape index (κ3) is 6.08. The topological polar surface area (TPSA) is 73.9 Å². The maximum Gasteiger partial charge on any atom is 0.349 e. The molecule has 0 aromatic heterocycles. The number of nitrogens with one attached hydrogen (secondary N) is 1. The van der Waals surface area contributed by atoms with Crippen LogP contribution in [0, 0.1) is 0 Å². The van der Waals surface area contributed by atoms with Crippen LogP contribution >= 0.6 is 31.9 Å². The van der Waals surface area contributed by atoms with Gasteiger partial charge in [-0.25, -0.2) is 4.79 Å². The molecule has 8 heteroatoms. The van der Waals surface area contributed by atoms with Gasteiger partial charge in [0.1, 0.15) is 17.2 Å². The number of esters is 1. The molecule has 0 saturated heterocycles. The monoisotopic (exact) mass is 533 g/mol. The molecule has 0 aliphatic rings. The van der Waals surface area contributed by atoms with Crippen molar-refractivity contribution in [2.24, 2.45) is 0 Å². The van der Waals surface area contributed by atoms with Crippen LogP contribution in [0.25, 0.3) is 0 Å². The third-order valence-electron chi connectivity index (χ3n) is 3.94. The summed E-state index contributed by atoms with van der Waals surface area (Å²) < 4.78 is 17.4. The van der Waals surface area contributed by atoms with Gasteiger partial charge in [-0.3, -0.25) is 4.79 Å². The molecule has 0 unspecified atom stereocenters. The van der Waals surface area contributed by atoms with E-state index >= 15 is 0 Å². The van der Waals surface area contributed by atoms with Crippen molar-refractivity contribution in [2.45, 2.75) is 0 Å². The Balaban J connectivity index is 1.52. The van der Waals surface area contributed by atoms with Crippen molar-refractivity contribution in [1.29, 1.82) is 0 Å². The SMILES string of the molecule is COc1ccc(NC(=O)c2ccc(OC(=O)COc3ccc(Br)cc3Br)cc2)cc1. The minimum atomic E-state index is -0.555. The number of anilines is 1. The Labute approximate surface area is 190 Å². The molecular weight excluding hydrogens is 518 g/mol. The first-order chi connectivity index (χ1) is 14.4. The van der Waals surface area contributed by atoms with Gasteiger partial charge in [-0.2, -0.15) is 0 Å².